The van der Waals surface area contributed by atoms with Crippen LogP contribution < -0.4 is 0 Å². The molecule has 23 heavy (non-hydrogen) atoms. The number of halogens is 3. The second-order valence-electron chi connectivity index (χ2n) is 5.18. The first-order valence-electron chi connectivity index (χ1n) is 7.15. The first-order valence-corrected chi connectivity index (χ1v) is 8.29. The van der Waals surface area contributed by atoms with Crippen molar-refractivity contribution in [1.29, 1.82) is 0 Å². The number of ether oxygens (including phenoxy) is 1. The molecule has 0 spiro atoms. The number of aliphatic imine (C=N–C) groups is 1. The summed E-state index contributed by atoms with van der Waals surface area (Å²) in [5.74, 6) is 0.102. The topological polar surface area (TPSA) is 21.6 Å². The molecule has 2 aromatic carbocycles. The van der Waals surface area contributed by atoms with E-state index in [1.807, 2.05) is 66.7 Å². The molecule has 0 saturated carbocycles. The summed E-state index contributed by atoms with van der Waals surface area (Å²) >= 11 is 17.9. The largest absolute Gasteiger partial charge is 0.469 e. The van der Waals surface area contributed by atoms with Crippen molar-refractivity contribution in [1.82, 2.24) is 0 Å². The Hall–Kier alpha value is -1.48. The second kappa shape index (κ2) is 6.96. The smallest absolute Gasteiger partial charge is 0.266 e. The lowest BCUT2D eigenvalue weighted by molar-refractivity contribution is 0.177. The van der Waals surface area contributed by atoms with Crippen molar-refractivity contribution in [2.24, 2.45) is 4.99 Å². The summed E-state index contributed by atoms with van der Waals surface area (Å²) in [6, 6.07) is 19.8. The van der Waals surface area contributed by atoms with E-state index < -0.39 is 3.79 Å². The van der Waals surface area contributed by atoms with E-state index in [0.29, 0.717) is 6.42 Å². The third kappa shape index (κ3) is 4.29. The molecule has 0 aromatic heterocycles. The van der Waals surface area contributed by atoms with Gasteiger partial charge in [0, 0.05) is 12.1 Å². The van der Waals surface area contributed by atoms with Crippen LogP contribution in [0.3, 0.4) is 0 Å². The van der Waals surface area contributed by atoms with Crippen LogP contribution in [0.2, 0.25) is 0 Å². The minimum Gasteiger partial charge on any atom is -0.469 e. The Morgan fingerprint density at radius 2 is 1.57 bits per heavy atom. The monoisotopic (exact) mass is 365 g/mol. The van der Waals surface area contributed by atoms with Gasteiger partial charge in [-0.1, -0.05) is 95.5 Å². The molecule has 1 aliphatic rings. The summed E-state index contributed by atoms with van der Waals surface area (Å²) in [5, 5.41) is 0. The summed E-state index contributed by atoms with van der Waals surface area (Å²) in [7, 11) is 0. The van der Waals surface area contributed by atoms with Crippen LogP contribution in [0.4, 0.5) is 0 Å². The summed E-state index contributed by atoms with van der Waals surface area (Å²) in [4.78, 5) is 4.38. The van der Waals surface area contributed by atoms with E-state index in [1.165, 1.54) is 0 Å². The predicted octanol–water partition coefficient (Wildman–Crippen LogP) is 5.96. The number of rotatable bonds is 2. The van der Waals surface area contributed by atoms with E-state index in [1.54, 1.807) is 0 Å². The van der Waals surface area contributed by atoms with Crippen LogP contribution in [0.1, 0.15) is 23.7 Å². The Labute approximate surface area is 150 Å². The highest BCUT2D eigenvalue weighted by Crippen LogP contribution is 2.38. The summed E-state index contributed by atoms with van der Waals surface area (Å²) in [5.41, 5.74) is 2.88. The molecule has 1 unspecified atom stereocenters. The van der Waals surface area contributed by atoms with E-state index in [9.17, 15) is 0 Å². The fourth-order valence-corrected chi connectivity index (χ4v) is 2.65. The van der Waals surface area contributed by atoms with Gasteiger partial charge in [0.2, 0.25) is 5.90 Å². The maximum absolute atomic E-state index is 5.98. The van der Waals surface area contributed by atoms with Crippen molar-refractivity contribution in [2.75, 3.05) is 0 Å². The second-order valence-corrected chi connectivity index (χ2v) is 7.46. The molecule has 1 atom stereocenters. The molecular weight excluding hydrogens is 353 g/mol. The Morgan fingerprint density at radius 1 is 0.957 bits per heavy atom. The third-order valence-electron chi connectivity index (χ3n) is 3.44. The zero-order valence-electron chi connectivity index (χ0n) is 12.1. The average molecular weight is 367 g/mol. The minimum atomic E-state index is -1.69. The maximum Gasteiger partial charge on any atom is 0.266 e. The van der Waals surface area contributed by atoms with Gasteiger partial charge in [0.25, 0.3) is 3.79 Å². The van der Waals surface area contributed by atoms with Crippen LogP contribution in [0, 0.1) is 0 Å². The quantitative estimate of drug-likeness (QED) is 0.601. The lowest BCUT2D eigenvalue weighted by Gasteiger charge is -2.28. The van der Waals surface area contributed by atoms with Gasteiger partial charge in [-0.3, -0.25) is 0 Å². The molecular formula is C18H14Cl3NO. The highest BCUT2D eigenvalue weighted by molar-refractivity contribution is 6.76. The van der Waals surface area contributed by atoms with Crippen molar-refractivity contribution < 1.29 is 4.74 Å². The molecule has 118 valence electrons. The zero-order chi connectivity index (χ0) is 16.3. The van der Waals surface area contributed by atoms with Crippen LogP contribution in [-0.4, -0.2) is 9.69 Å². The van der Waals surface area contributed by atoms with Crippen molar-refractivity contribution in [3.8, 4) is 0 Å². The average Bonchev–Trinajstić information content (AvgIpc) is 2.55. The SMILES string of the molecule is ClC(Cl)(Cl)C1=N/C(=C/c2ccccc2)CC(c2ccccc2)O1. The van der Waals surface area contributed by atoms with Gasteiger partial charge in [-0.05, 0) is 17.2 Å². The van der Waals surface area contributed by atoms with Crippen LogP contribution in [-0.2, 0) is 4.74 Å². The highest BCUT2D eigenvalue weighted by Gasteiger charge is 2.36. The maximum atomic E-state index is 5.98. The fourth-order valence-electron chi connectivity index (χ4n) is 2.39. The number of hydrogen-bond donors (Lipinski definition) is 0. The predicted molar refractivity (Wildman–Crippen MR) is 97.0 cm³/mol. The molecule has 2 nitrogen and oxygen atoms in total. The van der Waals surface area contributed by atoms with Crippen molar-refractivity contribution >= 4 is 46.8 Å². The van der Waals surface area contributed by atoms with Gasteiger partial charge in [0.1, 0.15) is 6.10 Å². The van der Waals surface area contributed by atoms with Gasteiger partial charge in [0.15, 0.2) is 0 Å². The van der Waals surface area contributed by atoms with Gasteiger partial charge in [-0.2, -0.15) is 0 Å². The third-order valence-corrected chi connectivity index (χ3v) is 3.93. The van der Waals surface area contributed by atoms with E-state index in [2.05, 4.69) is 4.99 Å². The Kier molecular flexibility index (Phi) is 4.96. The van der Waals surface area contributed by atoms with Crippen LogP contribution in [0.5, 0.6) is 0 Å². The highest BCUT2D eigenvalue weighted by atomic mass is 35.6. The van der Waals surface area contributed by atoms with E-state index in [-0.39, 0.29) is 12.0 Å². The molecule has 2 aromatic rings. The fraction of sp³-hybridized carbons (Fsp3) is 0.167. The molecule has 1 heterocycles. The van der Waals surface area contributed by atoms with Crippen LogP contribution >= 0.6 is 34.8 Å². The first-order chi connectivity index (χ1) is 11.0. The number of benzene rings is 2. The zero-order valence-corrected chi connectivity index (χ0v) is 14.4. The lowest BCUT2D eigenvalue weighted by Crippen LogP contribution is -2.28. The standard InChI is InChI=1S/C18H14Cl3NO/c19-18(20,21)17-22-15(11-13-7-3-1-4-8-13)12-16(23-17)14-9-5-2-6-10-14/h1-11,16H,12H2/b15-11+. The number of alkyl halides is 3. The Morgan fingerprint density at radius 3 is 2.17 bits per heavy atom. The number of hydrogen-bond acceptors (Lipinski definition) is 2. The number of nitrogens with zero attached hydrogens (tertiary/aromatic N) is 1. The first kappa shape index (κ1) is 16.4. The molecule has 0 bridgehead atoms. The van der Waals surface area contributed by atoms with Crippen molar-refractivity contribution in [2.45, 2.75) is 16.3 Å². The normalized spacial score (nSPS) is 20.0. The van der Waals surface area contributed by atoms with Crippen LogP contribution in [0.15, 0.2) is 71.4 Å². The molecule has 5 heteroatoms. The lowest BCUT2D eigenvalue weighted by atomic mass is 10.0. The molecule has 0 amide bonds. The summed E-state index contributed by atoms with van der Waals surface area (Å²) < 4.78 is 4.13. The van der Waals surface area contributed by atoms with Gasteiger partial charge in [-0.25, -0.2) is 4.99 Å². The molecule has 0 aliphatic carbocycles. The molecule has 0 radical (unpaired) electrons. The van der Waals surface area contributed by atoms with E-state index >= 15 is 0 Å². The minimum absolute atomic E-state index is 0.102. The van der Waals surface area contributed by atoms with Crippen molar-refractivity contribution in [3.05, 3.63) is 77.5 Å². The van der Waals surface area contributed by atoms with Crippen molar-refractivity contribution in [3.63, 3.8) is 0 Å². The van der Waals surface area contributed by atoms with Gasteiger partial charge >= 0.3 is 0 Å². The van der Waals surface area contributed by atoms with Gasteiger partial charge in [-0.15, -0.1) is 0 Å². The Balaban J connectivity index is 1.97. The van der Waals surface area contributed by atoms with Gasteiger partial charge in [0.05, 0.1) is 0 Å². The summed E-state index contributed by atoms with van der Waals surface area (Å²) in [6.07, 6.45) is 2.37. The van der Waals surface area contributed by atoms with Gasteiger partial charge < -0.3 is 4.74 Å². The molecule has 0 saturated heterocycles. The summed E-state index contributed by atoms with van der Waals surface area (Å²) in [6.45, 7) is 0. The molecule has 3 rings (SSSR count). The molecule has 0 N–H and O–H groups in total. The van der Waals surface area contributed by atoms with E-state index in [4.69, 9.17) is 39.5 Å². The van der Waals surface area contributed by atoms with E-state index in [0.717, 1.165) is 16.8 Å². The molecule has 0 fully saturated rings. The van der Waals surface area contributed by atoms with Crippen LogP contribution in [0.25, 0.3) is 6.08 Å². The molecule has 1 aliphatic heterocycles. The Bertz CT molecular complexity index is 721.